The molecule has 1 saturated heterocycles. The Labute approximate surface area is 262 Å². The van der Waals surface area contributed by atoms with Crippen LogP contribution in [0.3, 0.4) is 0 Å². The minimum Gasteiger partial charge on any atom is -0.490 e. The molecule has 0 radical (unpaired) electrons. The van der Waals surface area contributed by atoms with Gasteiger partial charge in [-0.2, -0.15) is 0 Å². The Balaban J connectivity index is 1.41. The Hall–Kier alpha value is -4.25. The van der Waals surface area contributed by atoms with Crippen molar-refractivity contribution in [2.45, 2.75) is 51.4 Å². The molecule has 230 valence electrons. The first-order chi connectivity index (χ1) is 21.2. The maximum absolute atomic E-state index is 13.0. The van der Waals surface area contributed by atoms with E-state index in [0.29, 0.717) is 51.0 Å². The molecule has 44 heavy (non-hydrogen) atoms. The predicted molar refractivity (Wildman–Crippen MR) is 173 cm³/mol. The van der Waals surface area contributed by atoms with Crippen LogP contribution in [0.1, 0.15) is 38.8 Å². The summed E-state index contributed by atoms with van der Waals surface area (Å²) in [5, 5.41) is 17.6. The first-order valence-corrected chi connectivity index (χ1v) is 15.0. The number of aromatic nitrogens is 3. The summed E-state index contributed by atoms with van der Waals surface area (Å²) in [6, 6.07) is 14.8. The van der Waals surface area contributed by atoms with Crippen molar-refractivity contribution in [1.82, 2.24) is 19.9 Å². The number of nitrogens with zero attached hydrogens (tertiary/aromatic N) is 4. The largest absolute Gasteiger partial charge is 0.490 e. The van der Waals surface area contributed by atoms with Crippen molar-refractivity contribution >= 4 is 45.6 Å². The number of carbonyl (C=O) groups excluding carboxylic acids is 1. The van der Waals surface area contributed by atoms with Gasteiger partial charge in [-0.05, 0) is 82.7 Å². The van der Waals surface area contributed by atoms with E-state index in [1.54, 1.807) is 50.4 Å². The highest BCUT2D eigenvalue weighted by Gasteiger charge is 2.21. The van der Waals surface area contributed by atoms with Crippen LogP contribution in [0, 0.1) is 0 Å². The van der Waals surface area contributed by atoms with Gasteiger partial charge in [-0.15, -0.1) is 0 Å². The van der Waals surface area contributed by atoms with E-state index < -0.39 is 5.60 Å². The molecule has 0 spiro atoms. The molecule has 1 atom stereocenters. The van der Waals surface area contributed by atoms with E-state index in [4.69, 9.17) is 21.1 Å². The Morgan fingerprint density at radius 2 is 2.02 bits per heavy atom. The summed E-state index contributed by atoms with van der Waals surface area (Å²) in [5.74, 6) is 1.12. The number of likely N-dealkylation sites (tertiary alicyclic amines) is 1. The zero-order chi connectivity index (χ0) is 31.1. The predicted octanol–water partition coefficient (Wildman–Crippen LogP) is 6.13. The van der Waals surface area contributed by atoms with Crippen LogP contribution in [-0.4, -0.2) is 62.7 Å². The van der Waals surface area contributed by atoms with Crippen LogP contribution in [0.2, 0.25) is 5.02 Å². The van der Waals surface area contributed by atoms with Crippen molar-refractivity contribution in [3.63, 3.8) is 0 Å². The number of carbonyl (C=O) groups is 1. The highest BCUT2D eigenvalue weighted by molar-refractivity contribution is 6.32. The molecule has 1 aliphatic heterocycles. The van der Waals surface area contributed by atoms with E-state index in [-0.39, 0.29) is 25.2 Å². The van der Waals surface area contributed by atoms with Crippen molar-refractivity contribution < 1.29 is 19.4 Å². The van der Waals surface area contributed by atoms with Crippen molar-refractivity contribution in [3.05, 3.63) is 83.9 Å². The topological polar surface area (TPSA) is 122 Å². The Bertz CT molecular complexity index is 1630. The number of hydrogen-bond acceptors (Lipinski definition) is 9. The first-order valence-electron chi connectivity index (χ1n) is 14.6. The number of fused-ring (bicyclic) bond motifs is 1. The maximum Gasteiger partial charge on any atom is 0.248 e. The van der Waals surface area contributed by atoms with Gasteiger partial charge in [0.1, 0.15) is 24.5 Å². The molecule has 0 unspecified atom stereocenters. The number of anilines is 3. The molecule has 0 aliphatic carbocycles. The maximum atomic E-state index is 13.0. The molecule has 10 nitrogen and oxygen atoms in total. The SMILES string of the molecule is CN1CCC[C@@H]1/C=C/C(=O)Nc1ccc2ncnc(Nc3ccc(OCc4ccccn4)c(Cl)c3)c2c1OCCC(C)(C)O. The van der Waals surface area contributed by atoms with Gasteiger partial charge in [0.15, 0.2) is 5.75 Å². The molecule has 1 amide bonds. The van der Waals surface area contributed by atoms with Gasteiger partial charge in [0.2, 0.25) is 5.91 Å². The summed E-state index contributed by atoms with van der Waals surface area (Å²) in [6.45, 7) is 4.95. The van der Waals surface area contributed by atoms with E-state index >= 15 is 0 Å². The fraction of sp³-hybridized carbons (Fsp3) is 0.333. The second kappa shape index (κ2) is 14.0. The summed E-state index contributed by atoms with van der Waals surface area (Å²) in [4.78, 5) is 28.4. The molecule has 1 fully saturated rings. The fourth-order valence-electron chi connectivity index (χ4n) is 4.89. The van der Waals surface area contributed by atoms with Crippen molar-refractivity contribution in [2.24, 2.45) is 0 Å². The number of likely N-dealkylation sites (N-methyl/N-ethyl adjacent to an activating group) is 1. The zero-order valence-electron chi connectivity index (χ0n) is 25.1. The normalized spacial score (nSPS) is 15.5. The molecule has 0 saturated carbocycles. The number of ether oxygens (including phenoxy) is 2. The van der Waals surface area contributed by atoms with Gasteiger partial charge in [0.05, 0.1) is 39.5 Å². The monoisotopic (exact) mass is 616 g/mol. The molecule has 11 heteroatoms. The smallest absolute Gasteiger partial charge is 0.248 e. The Morgan fingerprint density at radius 1 is 1.16 bits per heavy atom. The van der Waals surface area contributed by atoms with Crippen LogP contribution in [0.5, 0.6) is 11.5 Å². The van der Waals surface area contributed by atoms with Crippen LogP contribution in [0.4, 0.5) is 17.2 Å². The summed E-state index contributed by atoms with van der Waals surface area (Å²) in [6.07, 6.45) is 9.17. The van der Waals surface area contributed by atoms with Crippen LogP contribution in [0.15, 0.2) is 73.2 Å². The molecule has 5 rings (SSSR count). The molecule has 1 aliphatic rings. The summed E-state index contributed by atoms with van der Waals surface area (Å²) in [5.41, 5.74) is 1.61. The lowest BCUT2D eigenvalue weighted by Crippen LogP contribution is -2.23. The summed E-state index contributed by atoms with van der Waals surface area (Å²) in [7, 11) is 2.06. The van der Waals surface area contributed by atoms with Gasteiger partial charge in [-0.3, -0.25) is 14.7 Å². The molecule has 3 N–H and O–H groups in total. The van der Waals surface area contributed by atoms with E-state index in [9.17, 15) is 9.90 Å². The van der Waals surface area contributed by atoms with Crippen molar-refractivity contribution in [2.75, 3.05) is 30.8 Å². The number of pyridine rings is 1. The molecular weight excluding hydrogens is 580 g/mol. The highest BCUT2D eigenvalue weighted by Crippen LogP contribution is 2.39. The van der Waals surface area contributed by atoms with Gasteiger partial charge in [-0.1, -0.05) is 23.7 Å². The average molecular weight is 617 g/mol. The minimum atomic E-state index is -0.932. The van der Waals surface area contributed by atoms with Gasteiger partial charge in [0, 0.05) is 30.4 Å². The second-order valence-electron chi connectivity index (χ2n) is 11.4. The highest BCUT2D eigenvalue weighted by atomic mass is 35.5. The third kappa shape index (κ3) is 8.22. The quantitative estimate of drug-likeness (QED) is 0.161. The van der Waals surface area contributed by atoms with Crippen LogP contribution >= 0.6 is 11.6 Å². The van der Waals surface area contributed by atoms with E-state index in [2.05, 4.69) is 37.5 Å². The van der Waals surface area contributed by atoms with E-state index in [1.165, 1.54) is 6.33 Å². The number of nitrogens with one attached hydrogen (secondary N) is 2. The third-order valence-electron chi connectivity index (χ3n) is 7.32. The van der Waals surface area contributed by atoms with Gasteiger partial charge >= 0.3 is 0 Å². The van der Waals surface area contributed by atoms with Gasteiger partial charge in [-0.25, -0.2) is 9.97 Å². The lowest BCUT2D eigenvalue weighted by atomic mass is 10.1. The number of hydrogen-bond donors (Lipinski definition) is 3. The van der Waals surface area contributed by atoms with Gasteiger partial charge < -0.3 is 25.2 Å². The Morgan fingerprint density at radius 3 is 2.75 bits per heavy atom. The fourth-order valence-corrected chi connectivity index (χ4v) is 5.12. The lowest BCUT2D eigenvalue weighted by Gasteiger charge is -2.20. The Kier molecular flexibility index (Phi) is 9.94. The summed E-state index contributed by atoms with van der Waals surface area (Å²) < 4.78 is 12.1. The standard InChI is InChI=1S/C33H37ClN6O4/c1-33(2,42)15-18-43-31-27(39-29(41)14-10-24-8-6-17-40(24)3)12-11-26-30(31)32(37-21-36-26)38-22-9-13-28(25(34)19-22)44-20-23-7-4-5-16-35-23/h4-5,7,9-14,16,19,21,24,42H,6,8,15,17-18,20H2,1-3H3,(H,39,41)(H,36,37,38)/b14-10+/t24-/m1/s1. The second-order valence-corrected chi connectivity index (χ2v) is 11.8. The van der Waals surface area contributed by atoms with Crippen LogP contribution in [-0.2, 0) is 11.4 Å². The number of halogens is 1. The van der Waals surface area contributed by atoms with E-state index in [1.807, 2.05) is 30.3 Å². The number of aliphatic hydroxyl groups is 1. The van der Waals surface area contributed by atoms with Crippen LogP contribution < -0.4 is 20.1 Å². The van der Waals surface area contributed by atoms with Gasteiger partial charge in [0.25, 0.3) is 0 Å². The zero-order valence-corrected chi connectivity index (χ0v) is 25.8. The third-order valence-corrected chi connectivity index (χ3v) is 7.61. The van der Waals surface area contributed by atoms with Crippen molar-refractivity contribution in [3.8, 4) is 11.5 Å². The molecule has 2 aromatic carbocycles. The minimum absolute atomic E-state index is 0.205. The number of amides is 1. The molecule has 0 bridgehead atoms. The molecule has 2 aromatic heterocycles. The average Bonchev–Trinajstić information content (AvgIpc) is 3.41. The van der Waals surface area contributed by atoms with E-state index in [0.717, 1.165) is 25.1 Å². The molecule has 4 aromatic rings. The summed E-state index contributed by atoms with van der Waals surface area (Å²) >= 11 is 6.57. The lowest BCUT2D eigenvalue weighted by molar-refractivity contribution is -0.112. The van der Waals surface area contributed by atoms with Crippen molar-refractivity contribution in [1.29, 1.82) is 0 Å². The number of benzene rings is 2. The van der Waals surface area contributed by atoms with Crippen LogP contribution in [0.25, 0.3) is 10.9 Å². The molecule has 3 heterocycles. The first kappa shape index (κ1) is 31.2. The number of rotatable bonds is 12. The molecular formula is C33H37ClN6O4.